The van der Waals surface area contributed by atoms with E-state index in [0.717, 1.165) is 0 Å². The SMILES string of the molecule is CC(C)(C)c1cccc(C(C)(C)C)c1C(N)(CN)c1c(C(C)(C)C)cccc1C(C)(C)C. The van der Waals surface area contributed by atoms with Crippen molar-refractivity contribution in [1.82, 2.24) is 0 Å². The first kappa shape index (κ1) is 26.6. The van der Waals surface area contributed by atoms with Gasteiger partial charge in [0.05, 0.1) is 5.54 Å². The van der Waals surface area contributed by atoms with Gasteiger partial charge in [-0.3, -0.25) is 0 Å². The summed E-state index contributed by atoms with van der Waals surface area (Å²) in [6.45, 7) is 27.6. The summed E-state index contributed by atoms with van der Waals surface area (Å²) in [5.74, 6) is 0. The lowest BCUT2D eigenvalue weighted by Gasteiger charge is -2.44. The molecular weight excluding hydrogens is 388 g/mol. The summed E-state index contributed by atoms with van der Waals surface area (Å²) in [6.07, 6.45) is 0. The van der Waals surface area contributed by atoms with Gasteiger partial charge in [0, 0.05) is 6.54 Å². The fourth-order valence-electron chi connectivity index (χ4n) is 4.89. The molecular formula is C30H48N2. The maximum absolute atomic E-state index is 7.60. The van der Waals surface area contributed by atoms with E-state index in [4.69, 9.17) is 11.5 Å². The molecule has 0 aromatic heterocycles. The first-order valence-electron chi connectivity index (χ1n) is 12.0. The van der Waals surface area contributed by atoms with Crippen LogP contribution in [0.15, 0.2) is 36.4 Å². The highest BCUT2D eigenvalue weighted by Gasteiger charge is 2.42. The van der Waals surface area contributed by atoms with Gasteiger partial charge in [0.1, 0.15) is 0 Å². The second kappa shape index (κ2) is 8.29. The van der Waals surface area contributed by atoms with Crippen molar-refractivity contribution in [3.8, 4) is 0 Å². The Morgan fingerprint density at radius 3 is 0.875 bits per heavy atom. The highest BCUT2D eigenvalue weighted by molar-refractivity contribution is 5.58. The van der Waals surface area contributed by atoms with Gasteiger partial charge in [-0.2, -0.15) is 0 Å². The van der Waals surface area contributed by atoms with Crippen molar-refractivity contribution < 1.29 is 0 Å². The van der Waals surface area contributed by atoms with Crippen LogP contribution in [0, 0.1) is 0 Å². The largest absolute Gasteiger partial charge is 0.328 e. The van der Waals surface area contributed by atoms with Crippen molar-refractivity contribution in [2.24, 2.45) is 11.5 Å². The quantitative estimate of drug-likeness (QED) is 0.542. The first-order valence-corrected chi connectivity index (χ1v) is 12.0. The summed E-state index contributed by atoms with van der Waals surface area (Å²) in [5, 5.41) is 0. The molecule has 2 aromatic carbocycles. The molecule has 0 aliphatic heterocycles. The zero-order valence-corrected chi connectivity index (χ0v) is 22.8. The summed E-state index contributed by atoms with van der Waals surface area (Å²) in [5.41, 5.74) is 20.8. The van der Waals surface area contributed by atoms with Crippen molar-refractivity contribution in [2.45, 2.75) is 110 Å². The molecule has 0 unspecified atom stereocenters. The molecule has 2 aromatic rings. The number of rotatable bonds is 3. The van der Waals surface area contributed by atoms with Gasteiger partial charge in [-0.05, 0) is 55.0 Å². The maximum atomic E-state index is 7.60. The molecule has 4 N–H and O–H groups in total. The van der Waals surface area contributed by atoms with Gasteiger partial charge in [0.25, 0.3) is 0 Å². The smallest absolute Gasteiger partial charge is 0.0801 e. The number of hydrogen-bond donors (Lipinski definition) is 2. The number of hydrogen-bond acceptors (Lipinski definition) is 2. The van der Waals surface area contributed by atoms with Crippen molar-refractivity contribution in [2.75, 3.05) is 6.54 Å². The van der Waals surface area contributed by atoms with Gasteiger partial charge < -0.3 is 11.5 Å². The molecule has 2 heteroatoms. The molecule has 0 saturated heterocycles. The minimum atomic E-state index is -0.807. The van der Waals surface area contributed by atoms with Gasteiger partial charge in [0.2, 0.25) is 0 Å². The molecule has 2 rings (SSSR count). The van der Waals surface area contributed by atoms with Crippen LogP contribution in [0.1, 0.15) is 116 Å². The third-order valence-corrected chi connectivity index (χ3v) is 6.58. The first-order chi connectivity index (χ1) is 14.3. The van der Waals surface area contributed by atoms with Crippen LogP contribution >= 0.6 is 0 Å². The van der Waals surface area contributed by atoms with Crippen LogP contribution in [0.5, 0.6) is 0 Å². The summed E-state index contributed by atoms with van der Waals surface area (Å²) >= 11 is 0. The lowest BCUT2D eigenvalue weighted by Crippen LogP contribution is -2.50. The zero-order valence-electron chi connectivity index (χ0n) is 22.8. The second-order valence-corrected chi connectivity index (χ2v) is 13.6. The van der Waals surface area contributed by atoms with Crippen LogP contribution in [-0.4, -0.2) is 6.54 Å². The normalized spacial score (nSPS) is 14.1. The van der Waals surface area contributed by atoms with Crippen LogP contribution in [0.3, 0.4) is 0 Å². The Balaban J connectivity index is 3.19. The van der Waals surface area contributed by atoms with E-state index in [0.29, 0.717) is 6.54 Å². The van der Waals surface area contributed by atoms with Gasteiger partial charge in [-0.25, -0.2) is 0 Å². The minimum absolute atomic E-state index is 0.0606. The number of benzene rings is 2. The van der Waals surface area contributed by atoms with Crippen molar-refractivity contribution in [3.63, 3.8) is 0 Å². The molecule has 32 heavy (non-hydrogen) atoms. The third-order valence-electron chi connectivity index (χ3n) is 6.58. The molecule has 0 heterocycles. The molecule has 2 nitrogen and oxygen atoms in total. The summed E-state index contributed by atoms with van der Waals surface area (Å²) < 4.78 is 0. The molecule has 0 saturated carbocycles. The Morgan fingerprint density at radius 2 is 0.719 bits per heavy atom. The van der Waals surface area contributed by atoms with Crippen molar-refractivity contribution in [3.05, 3.63) is 69.8 Å². The Labute approximate surface area is 198 Å². The fraction of sp³-hybridized carbons (Fsp3) is 0.600. The molecule has 0 aliphatic carbocycles. The highest BCUT2D eigenvalue weighted by atomic mass is 14.8. The minimum Gasteiger partial charge on any atom is -0.328 e. The zero-order chi connectivity index (χ0) is 24.9. The van der Waals surface area contributed by atoms with Gasteiger partial charge in [-0.15, -0.1) is 0 Å². The van der Waals surface area contributed by atoms with E-state index in [1.165, 1.54) is 33.4 Å². The van der Waals surface area contributed by atoms with Crippen LogP contribution in [0.2, 0.25) is 0 Å². The lowest BCUT2D eigenvalue weighted by molar-refractivity contribution is 0.454. The average Bonchev–Trinajstić information content (AvgIpc) is 2.63. The van der Waals surface area contributed by atoms with Crippen LogP contribution in [-0.2, 0) is 27.2 Å². The molecule has 0 radical (unpaired) electrons. The van der Waals surface area contributed by atoms with Crippen LogP contribution in [0.25, 0.3) is 0 Å². The van der Waals surface area contributed by atoms with E-state index < -0.39 is 5.54 Å². The topological polar surface area (TPSA) is 52.0 Å². The maximum Gasteiger partial charge on any atom is 0.0801 e. The van der Waals surface area contributed by atoms with E-state index in [1.807, 2.05) is 0 Å². The van der Waals surface area contributed by atoms with E-state index in [-0.39, 0.29) is 21.7 Å². The van der Waals surface area contributed by atoms with E-state index in [9.17, 15) is 0 Å². The highest BCUT2D eigenvalue weighted by Crippen LogP contribution is 2.46. The molecule has 0 aliphatic rings. The summed E-state index contributed by atoms with van der Waals surface area (Å²) in [6, 6.07) is 13.4. The standard InChI is InChI=1S/C30H48N2/c1-26(2,3)20-15-13-16-21(27(4,5)6)24(20)30(32,19-31)25-22(28(7,8)9)17-14-18-23(25)29(10,11)12/h13-18H,19,31-32H2,1-12H3. The van der Waals surface area contributed by atoms with E-state index in [2.05, 4.69) is 119 Å². The summed E-state index contributed by atoms with van der Waals surface area (Å²) in [7, 11) is 0. The Bertz CT molecular complexity index is 814. The van der Waals surface area contributed by atoms with E-state index in [1.54, 1.807) is 0 Å². The predicted molar refractivity (Wildman–Crippen MR) is 142 cm³/mol. The van der Waals surface area contributed by atoms with E-state index >= 15 is 0 Å². The fourth-order valence-corrected chi connectivity index (χ4v) is 4.89. The molecule has 0 atom stereocenters. The monoisotopic (exact) mass is 436 g/mol. The molecule has 178 valence electrons. The Kier molecular flexibility index (Phi) is 6.90. The summed E-state index contributed by atoms with van der Waals surface area (Å²) in [4.78, 5) is 0. The van der Waals surface area contributed by atoms with Gasteiger partial charge in [0.15, 0.2) is 0 Å². The van der Waals surface area contributed by atoms with Gasteiger partial charge in [-0.1, -0.05) is 119 Å². The molecule has 0 amide bonds. The predicted octanol–water partition coefficient (Wildman–Crippen LogP) is 7.04. The van der Waals surface area contributed by atoms with Crippen LogP contribution < -0.4 is 11.5 Å². The van der Waals surface area contributed by atoms with Crippen molar-refractivity contribution in [1.29, 1.82) is 0 Å². The average molecular weight is 437 g/mol. The number of nitrogens with two attached hydrogens (primary N) is 2. The Morgan fingerprint density at radius 1 is 0.500 bits per heavy atom. The molecule has 0 fully saturated rings. The third kappa shape index (κ3) is 4.97. The second-order valence-electron chi connectivity index (χ2n) is 13.6. The van der Waals surface area contributed by atoms with Crippen molar-refractivity contribution >= 4 is 0 Å². The Hall–Kier alpha value is -1.64. The molecule has 0 spiro atoms. The van der Waals surface area contributed by atoms with Crippen LogP contribution in [0.4, 0.5) is 0 Å². The molecule has 0 bridgehead atoms. The van der Waals surface area contributed by atoms with Gasteiger partial charge >= 0.3 is 0 Å². The lowest BCUT2D eigenvalue weighted by atomic mass is 9.63.